The molecule has 0 radical (unpaired) electrons. The van der Waals surface area contributed by atoms with Crippen molar-refractivity contribution < 1.29 is 0 Å². The molecule has 0 aliphatic heterocycles. The molecule has 1 aliphatic carbocycles. The minimum Gasteiger partial charge on any atom is -0.198 e. The minimum atomic E-state index is -0.214. The van der Waals surface area contributed by atoms with Gasteiger partial charge in [0.2, 0.25) is 0 Å². The number of hydrogen-bond donors (Lipinski definition) is 0. The number of rotatable bonds is 2. The number of halogens is 2. The molecule has 0 amide bonds. The van der Waals surface area contributed by atoms with E-state index in [2.05, 4.69) is 6.07 Å². The fourth-order valence-corrected chi connectivity index (χ4v) is 2.50. The van der Waals surface area contributed by atoms with Crippen LogP contribution < -0.4 is 0 Å². The molecule has 0 saturated heterocycles. The van der Waals surface area contributed by atoms with Crippen LogP contribution >= 0.6 is 23.2 Å². The Morgan fingerprint density at radius 1 is 1.27 bits per heavy atom. The first-order valence-electron chi connectivity index (χ1n) is 5.01. The van der Waals surface area contributed by atoms with Gasteiger partial charge in [-0.25, -0.2) is 0 Å². The van der Waals surface area contributed by atoms with Gasteiger partial charge in [0.25, 0.3) is 0 Å². The molecule has 0 heterocycles. The zero-order chi connectivity index (χ0) is 10.9. The van der Waals surface area contributed by atoms with E-state index in [1.165, 1.54) is 0 Å². The van der Waals surface area contributed by atoms with Gasteiger partial charge in [-0.1, -0.05) is 35.7 Å². The summed E-state index contributed by atoms with van der Waals surface area (Å²) in [5.74, 6) is 0. The van der Waals surface area contributed by atoms with Crippen LogP contribution in [0.5, 0.6) is 0 Å². The fourth-order valence-electron chi connectivity index (χ4n) is 1.97. The van der Waals surface area contributed by atoms with Gasteiger partial charge in [-0.2, -0.15) is 5.26 Å². The summed E-state index contributed by atoms with van der Waals surface area (Å²) in [4.78, 5) is 0. The van der Waals surface area contributed by atoms with Crippen LogP contribution in [0.25, 0.3) is 0 Å². The molecular formula is C12H11Cl2N. The molecule has 78 valence electrons. The van der Waals surface area contributed by atoms with Crippen LogP contribution in [0.4, 0.5) is 0 Å². The molecule has 1 aromatic carbocycles. The molecule has 0 atom stereocenters. The van der Waals surface area contributed by atoms with E-state index < -0.39 is 0 Å². The molecule has 1 nitrogen and oxygen atoms in total. The van der Waals surface area contributed by atoms with Crippen LogP contribution in [0.15, 0.2) is 18.2 Å². The lowest BCUT2D eigenvalue weighted by Crippen LogP contribution is -2.30. The van der Waals surface area contributed by atoms with Crippen molar-refractivity contribution in [3.63, 3.8) is 0 Å². The Bertz CT molecular complexity index is 396. The van der Waals surface area contributed by atoms with E-state index in [1.54, 1.807) is 0 Å². The number of nitriles is 1. The normalized spacial score (nSPS) is 17.9. The average molecular weight is 240 g/mol. The first kappa shape index (κ1) is 10.8. The van der Waals surface area contributed by atoms with E-state index >= 15 is 0 Å². The molecule has 1 aliphatic rings. The fraction of sp³-hybridized carbons (Fsp3) is 0.417. The molecule has 1 fully saturated rings. The summed E-state index contributed by atoms with van der Waals surface area (Å²) in [7, 11) is 0. The maximum absolute atomic E-state index is 9.14. The lowest BCUT2D eigenvalue weighted by atomic mass is 9.66. The van der Waals surface area contributed by atoms with Gasteiger partial charge in [0.1, 0.15) is 0 Å². The van der Waals surface area contributed by atoms with Gasteiger partial charge >= 0.3 is 0 Å². The quantitative estimate of drug-likeness (QED) is 0.758. The number of nitrogens with zero attached hydrogens (tertiary/aromatic N) is 1. The summed E-state index contributed by atoms with van der Waals surface area (Å²) in [5, 5.41) is 10.5. The molecular weight excluding hydrogens is 229 g/mol. The Morgan fingerprint density at radius 2 is 1.87 bits per heavy atom. The summed E-state index contributed by atoms with van der Waals surface area (Å²) >= 11 is 12.2. The molecule has 1 aromatic rings. The van der Waals surface area contributed by atoms with E-state index in [4.69, 9.17) is 28.5 Å². The van der Waals surface area contributed by atoms with Crippen LogP contribution in [0.1, 0.15) is 24.8 Å². The smallest absolute Gasteiger partial charge is 0.0693 e. The van der Waals surface area contributed by atoms with Crippen LogP contribution in [-0.2, 0) is 6.42 Å². The van der Waals surface area contributed by atoms with Gasteiger partial charge in [-0.15, -0.1) is 0 Å². The molecule has 0 spiro atoms. The van der Waals surface area contributed by atoms with Crippen molar-refractivity contribution in [3.8, 4) is 6.07 Å². The predicted octanol–water partition coefficient (Wildman–Crippen LogP) is 4.23. The standard InChI is InChI=1S/C12H11Cl2N/c13-10-3-1-4-11(14)9(10)7-12(8-15)5-2-6-12/h1,3-4H,2,5-7H2. The van der Waals surface area contributed by atoms with Gasteiger partial charge < -0.3 is 0 Å². The third-order valence-electron chi connectivity index (χ3n) is 3.12. The minimum absolute atomic E-state index is 0.214. The Kier molecular flexibility index (Phi) is 2.91. The van der Waals surface area contributed by atoms with Gasteiger partial charge in [0, 0.05) is 10.0 Å². The number of hydrogen-bond acceptors (Lipinski definition) is 1. The van der Waals surface area contributed by atoms with Gasteiger partial charge in [-0.3, -0.25) is 0 Å². The largest absolute Gasteiger partial charge is 0.198 e. The highest BCUT2D eigenvalue weighted by atomic mass is 35.5. The first-order valence-corrected chi connectivity index (χ1v) is 5.77. The van der Waals surface area contributed by atoms with Crippen molar-refractivity contribution in [2.75, 3.05) is 0 Å². The predicted molar refractivity (Wildman–Crippen MR) is 62.1 cm³/mol. The highest BCUT2D eigenvalue weighted by Crippen LogP contribution is 2.45. The summed E-state index contributed by atoms with van der Waals surface area (Å²) in [6.07, 6.45) is 3.74. The highest BCUT2D eigenvalue weighted by Gasteiger charge is 2.38. The molecule has 1 saturated carbocycles. The second-order valence-corrected chi connectivity index (χ2v) is 4.94. The van der Waals surface area contributed by atoms with Crippen molar-refractivity contribution >= 4 is 23.2 Å². The maximum Gasteiger partial charge on any atom is 0.0693 e. The van der Waals surface area contributed by atoms with E-state index in [0.29, 0.717) is 16.5 Å². The maximum atomic E-state index is 9.14. The van der Waals surface area contributed by atoms with E-state index in [9.17, 15) is 0 Å². The monoisotopic (exact) mass is 239 g/mol. The summed E-state index contributed by atoms with van der Waals surface area (Å²) in [6, 6.07) is 7.88. The topological polar surface area (TPSA) is 23.8 Å². The van der Waals surface area contributed by atoms with Gasteiger partial charge in [-0.05, 0) is 37.0 Å². The second-order valence-electron chi connectivity index (χ2n) is 4.12. The van der Waals surface area contributed by atoms with E-state index in [1.807, 2.05) is 18.2 Å². The van der Waals surface area contributed by atoms with Crippen molar-refractivity contribution in [3.05, 3.63) is 33.8 Å². The van der Waals surface area contributed by atoms with Crippen LogP contribution in [0.3, 0.4) is 0 Å². The third-order valence-corrected chi connectivity index (χ3v) is 3.83. The summed E-state index contributed by atoms with van der Waals surface area (Å²) in [6.45, 7) is 0. The molecule has 0 unspecified atom stereocenters. The Balaban J connectivity index is 2.28. The average Bonchev–Trinajstić information content (AvgIpc) is 2.15. The lowest BCUT2D eigenvalue weighted by Gasteiger charge is -2.35. The zero-order valence-corrected chi connectivity index (χ0v) is 9.78. The Hall–Kier alpha value is -0.710. The van der Waals surface area contributed by atoms with E-state index in [0.717, 1.165) is 24.8 Å². The molecule has 0 N–H and O–H groups in total. The Labute approximate surface area is 99.6 Å². The third kappa shape index (κ3) is 1.97. The lowest BCUT2D eigenvalue weighted by molar-refractivity contribution is 0.214. The molecule has 2 rings (SSSR count). The zero-order valence-electron chi connectivity index (χ0n) is 8.26. The SMILES string of the molecule is N#CC1(Cc2c(Cl)cccc2Cl)CCC1. The van der Waals surface area contributed by atoms with E-state index in [-0.39, 0.29) is 5.41 Å². The second kappa shape index (κ2) is 4.04. The van der Waals surface area contributed by atoms with Gasteiger partial charge in [0.15, 0.2) is 0 Å². The van der Waals surface area contributed by atoms with Crippen LogP contribution in [0, 0.1) is 16.7 Å². The molecule has 0 bridgehead atoms. The van der Waals surface area contributed by atoms with Crippen molar-refractivity contribution in [1.29, 1.82) is 5.26 Å². The van der Waals surface area contributed by atoms with Gasteiger partial charge in [0.05, 0.1) is 11.5 Å². The van der Waals surface area contributed by atoms with Crippen molar-refractivity contribution in [1.82, 2.24) is 0 Å². The molecule has 0 aromatic heterocycles. The molecule has 15 heavy (non-hydrogen) atoms. The summed E-state index contributed by atoms with van der Waals surface area (Å²) in [5.41, 5.74) is 0.705. The van der Waals surface area contributed by atoms with Crippen LogP contribution in [0.2, 0.25) is 10.0 Å². The highest BCUT2D eigenvalue weighted by molar-refractivity contribution is 6.36. The number of benzene rings is 1. The summed E-state index contributed by atoms with van der Waals surface area (Å²) < 4.78 is 0. The van der Waals surface area contributed by atoms with Crippen molar-refractivity contribution in [2.24, 2.45) is 5.41 Å². The van der Waals surface area contributed by atoms with Crippen molar-refractivity contribution in [2.45, 2.75) is 25.7 Å². The van der Waals surface area contributed by atoms with Crippen LogP contribution in [-0.4, -0.2) is 0 Å². The first-order chi connectivity index (χ1) is 7.17. The Morgan fingerprint density at radius 3 is 2.27 bits per heavy atom. The molecule has 3 heteroatoms.